The van der Waals surface area contributed by atoms with Crippen LogP contribution in [0.2, 0.25) is 5.02 Å². The summed E-state index contributed by atoms with van der Waals surface area (Å²) in [5, 5.41) is 9.12. The zero-order chi connectivity index (χ0) is 39.2. The zero-order valence-electron chi connectivity index (χ0n) is 31.0. The van der Waals surface area contributed by atoms with Crippen LogP contribution in [0.25, 0.3) is 10.9 Å². The van der Waals surface area contributed by atoms with Crippen LogP contribution in [0, 0.1) is 5.92 Å². The van der Waals surface area contributed by atoms with E-state index >= 15 is 0 Å². The van der Waals surface area contributed by atoms with E-state index in [4.69, 9.17) is 16.6 Å². The predicted molar refractivity (Wildman–Crippen MR) is 210 cm³/mol. The van der Waals surface area contributed by atoms with E-state index in [0.29, 0.717) is 44.9 Å². The first kappa shape index (κ1) is 37.1. The molecule has 4 aromatic rings. The number of hydrogen-bond donors (Lipinski definition) is 3. The van der Waals surface area contributed by atoms with Gasteiger partial charge in [0.05, 0.1) is 22.8 Å². The molecule has 0 aliphatic carbocycles. The highest BCUT2D eigenvalue weighted by Gasteiger charge is 2.45. The summed E-state index contributed by atoms with van der Waals surface area (Å²) in [6, 6.07) is 11.4. The number of pyridine rings is 1. The largest absolute Gasteiger partial charge is 0.369 e. The quantitative estimate of drug-likeness (QED) is 0.223. The molecule has 17 heteroatoms. The summed E-state index contributed by atoms with van der Waals surface area (Å²) in [5.74, 6) is -0.911. The van der Waals surface area contributed by atoms with Gasteiger partial charge in [0.25, 0.3) is 23.3 Å². The summed E-state index contributed by atoms with van der Waals surface area (Å²) in [6.07, 6.45) is 3.77. The Morgan fingerprint density at radius 2 is 1.64 bits per heavy atom. The fourth-order valence-corrected chi connectivity index (χ4v) is 8.26. The van der Waals surface area contributed by atoms with Crippen LogP contribution in [-0.4, -0.2) is 113 Å². The molecule has 4 aliphatic heterocycles. The molecular weight excluding hydrogens is 740 g/mol. The molecule has 0 spiro atoms. The standard InChI is InChI=1S/C39H41ClN10O6/c1-41-34(52)28-18-23-17-24(3-6-30(23)46(2)36(28)54)43-33-29(40)20-42-39(45-33)49-11-9-22(10-12-49)21-47-13-15-48(16-14-47)25-4-5-26-27(19-25)38(56)50(37(26)55)31-7-8-32(51)44-35(31)53/h3-6,17-20,22,31H,7-16,21H2,1-2H3,(H,41,52)(H,42,43,45)(H,44,51,53). The van der Waals surface area contributed by atoms with Gasteiger partial charge in [-0.15, -0.1) is 0 Å². The summed E-state index contributed by atoms with van der Waals surface area (Å²) in [4.78, 5) is 92.6. The molecule has 2 aromatic carbocycles. The van der Waals surface area contributed by atoms with Gasteiger partial charge in [-0.1, -0.05) is 11.6 Å². The van der Waals surface area contributed by atoms with Gasteiger partial charge in [0.2, 0.25) is 17.8 Å². The van der Waals surface area contributed by atoms with E-state index in [1.807, 2.05) is 24.3 Å². The summed E-state index contributed by atoms with van der Waals surface area (Å²) >= 11 is 6.53. The molecule has 2 aromatic heterocycles. The fraction of sp³-hybridized carbons (Fsp3) is 0.385. The van der Waals surface area contributed by atoms with Crippen LogP contribution in [0.5, 0.6) is 0 Å². The molecule has 3 N–H and O–H groups in total. The van der Waals surface area contributed by atoms with Gasteiger partial charge in [-0.05, 0) is 67.6 Å². The predicted octanol–water partition coefficient (Wildman–Crippen LogP) is 2.52. The molecule has 3 saturated heterocycles. The molecule has 6 heterocycles. The van der Waals surface area contributed by atoms with Gasteiger partial charge in [0, 0.05) is 83.1 Å². The molecule has 1 atom stereocenters. The van der Waals surface area contributed by atoms with Gasteiger partial charge in [0.1, 0.15) is 16.6 Å². The highest BCUT2D eigenvalue weighted by molar-refractivity contribution is 6.33. The summed E-state index contributed by atoms with van der Waals surface area (Å²) in [5.41, 5.74) is 2.50. The van der Waals surface area contributed by atoms with E-state index in [9.17, 15) is 28.8 Å². The lowest BCUT2D eigenvalue weighted by Crippen LogP contribution is -2.54. The van der Waals surface area contributed by atoms with Crippen molar-refractivity contribution in [2.75, 3.05) is 68.0 Å². The number of imide groups is 2. The minimum absolute atomic E-state index is 0.0591. The number of aryl methyl sites for hydroxylation is 1. The molecule has 1 unspecified atom stereocenters. The fourth-order valence-electron chi connectivity index (χ4n) is 8.12. The van der Waals surface area contributed by atoms with E-state index in [-0.39, 0.29) is 29.5 Å². The second-order valence-corrected chi connectivity index (χ2v) is 15.1. The van der Waals surface area contributed by atoms with Crippen LogP contribution in [0.1, 0.15) is 56.8 Å². The average Bonchev–Trinajstić information content (AvgIpc) is 3.45. The van der Waals surface area contributed by atoms with Crippen molar-refractivity contribution in [3.63, 3.8) is 0 Å². The van der Waals surface area contributed by atoms with Crippen molar-refractivity contribution in [2.45, 2.75) is 31.7 Å². The Morgan fingerprint density at radius 3 is 2.38 bits per heavy atom. The van der Waals surface area contributed by atoms with E-state index in [0.717, 1.165) is 69.2 Å². The van der Waals surface area contributed by atoms with Crippen molar-refractivity contribution in [1.82, 2.24) is 35.0 Å². The number of amides is 5. The lowest BCUT2D eigenvalue weighted by atomic mass is 9.96. The number of rotatable bonds is 8. The Bertz CT molecular complexity index is 2350. The monoisotopic (exact) mass is 780 g/mol. The number of piperidine rings is 2. The number of halogens is 1. The van der Waals surface area contributed by atoms with E-state index in [1.54, 1.807) is 31.4 Å². The number of aromatic nitrogens is 3. The Labute approximate surface area is 326 Å². The molecular formula is C39H41ClN10O6. The second-order valence-electron chi connectivity index (χ2n) is 14.7. The number of anilines is 4. The van der Waals surface area contributed by atoms with Crippen LogP contribution >= 0.6 is 11.6 Å². The minimum Gasteiger partial charge on any atom is -0.369 e. The number of fused-ring (bicyclic) bond motifs is 2. The van der Waals surface area contributed by atoms with Crippen LogP contribution in [-0.2, 0) is 16.6 Å². The first-order valence-electron chi connectivity index (χ1n) is 18.7. The number of carbonyl (C=O) groups is 5. The van der Waals surface area contributed by atoms with Gasteiger partial charge in [-0.3, -0.25) is 43.9 Å². The number of nitrogens with one attached hydrogen (secondary N) is 3. The van der Waals surface area contributed by atoms with E-state index in [1.165, 1.54) is 11.6 Å². The maximum Gasteiger partial charge on any atom is 0.263 e. The molecule has 0 saturated carbocycles. The first-order valence-corrected chi connectivity index (χ1v) is 19.1. The summed E-state index contributed by atoms with van der Waals surface area (Å²) < 4.78 is 1.45. The lowest BCUT2D eigenvalue weighted by molar-refractivity contribution is -0.136. The van der Waals surface area contributed by atoms with Crippen LogP contribution in [0.3, 0.4) is 0 Å². The Balaban J connectivity index is 0.848. The average molecular weight is 781 g/mol. The molecule has 290 valence electrons. The highest BCUT2D eigenvalue weighted by Crippen LogP contribution is 2.32. The van der Waals surface area contributed by atoms with Gasteiger partial charge >= 0.3 is 0 Å². The Kier molecular flexibility index (Phi) is 9.92. The number of carbonyl (C=O) groups excluding carboxylic acids is 5. The first-order chi connectivity index (χ1) is 27.0. The van der Waals surface area contributed by atoms with Crippen LogP contribution < -0.4 is 31.3 Å². The second kappa shape index (κ2) is 15.0. The number of benzene rings is 2. The smallest absolute Gasteiger partial charge is 0.263 e. The molecule has 5 amide bonds. The van der Waals surface area contributed by atoms with Crippen molar-refractivity contribution < 1.29 is 24.0 Å². The van der Waals surface area contributed by atoms with Crippen molar-refractivity contribution in [3.05, 3.63) is 80.7 Å². The third kappa shape index (κ3) is 6.94. The highest BCUT2D eigenvalue weighted by atomic mass is 35.5. The van der Waals surface area contributed by atoms with Gasteiger partial charge in [0.15, 0.2) is 5.82 Å². The molecule has 0 bridgehead atoms. The molecule has 8 rings (SSSR count). The maximum absolute atomic E-state index is 13.3. The molecule has 3 fully saturated rings. The summed E-state index contributed by atoms with van der Waals surface area (Å²) in [7, 11) is 3.12. The van der Waals surface area contributed by atoms with E-state index in [2.05, 4.69) is 35.6 Å². The molecule has 4 aliphatic rings. The van der Waals surface area contributed by atoms with E-state index < -0.39 is 35.6 Å². The van der Waals surface area contributed by atoms with Crippen LogP contribution in [0.15, 0.2) is 53.5 Å². The van der Waals surface area contributed by atoms with Crippen molar-refractivity contribution >= 4 is 75.2 Å². The molecule has 16 nitrogen and oxygen atoms in total. The van der Waals surface area contributed by atoms with Crippen molar-refractivity contribution in [1.29, 1.82) is 0 Å². The molecule has 56 heavy (non-hydrogen) atoms. The van der Waals surface area contributed by atoms with Gasteiger partial charge < -0.3 is 25.0 Å². The SMILES string of the molecule is CNC(=O)c1cc2cc(Nc3nc(N4CCC(CN5CCN(c6ccc7c(c6)C(=O)N(C6CCC(=O)NC6=O)C7=O)CC5)CC4)ncc3Cl)ccc2n(C)c1=O. The maximum atomic E-state index is 13.3. The Morgan fingerprint density at radius 1 is 0.893 bits per heavy atom. The minimum atomic E-state index is -0.985. The van der Waals surface area contributed by atoms with Crippen molar-refractivity contribution in [2.24, 2.45) is 13.0 Å². The van der Waals surface area contributed by atoms with Gasteiger partial charge in [-0.25, -0.2) is 4.98 Å². The number of piperazine rings is 1. The number of nitrogens with zero attached hydrogens (tertiary/aromatic N) is 7. The normalized spacial score (nSPS) is 19.4. The lowest BCUT2D eigenvalue weighted by Gasteiger charge is -2.39. The third-order valence-electron chi connectivity index (χ3n) is 11.3. The number of hydrogen-bond acceptors (Lipinski definition) is 12. The zero-order valence-corrected chi connectivity index (χ0v) is 31.8. The third-order valence-corrected chi connectivity index (χ3v) is 11.5. The van der Waals surface area contributed by atoms with Gasteiger partial charge in [-0.2, -0.15) is 4.98 Å². The summed E-state index contributed by atoms with van der Waals surface area (Å²) in [6.45, 7) is 5.85. The molecule has 0 radical (unpaired) electrons. The van der Waals surface area contributed by atoms with Crippen LogP contribution in [0.4, 0.5) is 23.1 Å². The van der Waals surface area contributed by atoms with Crippen molar-refractivity contribution in [3.8, 4) is 0 Å². The topological polar surface area (TPSA) is 182 Å². The Hall–Kier alpha value is -5.87.